The third-order valence-electron chi connectivity index (χ3n) is 2.02. The second-order valence-electron chi connectivity index (χ2n) is 3.79. The van der Waals surface area contributed by atoms with Crippen molar-refractivity contribution in [2.45, 2.75) is 33.1 Å². The average Bonchev–Trinajstić information content (AvgIpc) is 2.32. The first kappa shape index (κ1) is 16.1. The van der Waals surface area contributed by atoms with Crippen molar-refractivity contribution >= 4 is 17.8 Å². The molecule has 0 aromatic carbocycles. The van der Waals surface area contributed by atoms with Gasteiger partial charge in [0.25, 0.3) is 0 Å². The topological polar surface area (TPSA) is 95.5 Å². The molecule has 0 saturated heterocycles. The molecule has 0 aliphatic rings. The molecule has 0 fully saturated rings. The number of carboxylic acids is 1. The minimum Gasteiger partial charge on any atom is -0.481 e. The second kappa shape index (κ2) is 9.21. The maximum Gasteiger partial charge on any atom is 0.308 e. The highest BCUT2D eigenvalue weighted by Crippen LogP contribution is 2.02. The van der Waals surface area contributed by atoms with Crippen molar-refractivity contribution in [2.75, 3.05) is 13.1 Å². The molecule has 0 spiro atoms. The maximum atomic E-state index is 11.6. The zero-order chi connectivity index (χ0) is 14.0. The van der Waals surface area contributed by atoms with E-state index in [1.807, 2.05) is 13.8 Å². The van der Waals surface area contributed by atoms with Gasteiger partial charge in [-0.15, -0.1) is 0 Å². The second-order valence-corrected chi connectivity index (χ2v) is 3.79. The SMILES string of the molecule is CCCNC(=O)/C=C(/CC(=O)O)C(=O)NCCC. The summed E-state index contributed by atoms with van der Waals surface area (Å²) in [5, 5.41) is 13.8. The molecule has 0 atom stereocenters. The lowest BCUT2D eigenvalue weighted by Gasteiger charge is -2.06. The highest BCUT2D eigenvalue weighted by molar-refractivity contribution is 6.03. The van der Waals surface area contributed by atoms with E-state index in [-0.39, 0.29) is 5.57 Å². The third-order valence-corrected chi connectivity index (χ3v) is 2.02. The highest BCUT2D eigenvalue weighted by Gasteiger charge is 2.14. The first-order valence-corrected chi connectivity index (χ1v) is 5.99. The van der Waals surface area contributed by atoms with Crippen LogP contribution in [0, 0.1) is 0 Å². The van der Waals surface area contributed by atoms with Crippen LogP contribution in [-0.4, -0.2) is 36.0 Å². The Morgan fingerprint density at radius 2 is 1.61 bits per heavy atom. The molecule has 6 heteroatoms. The molecule has 18 heavy (non-hydrogen) atoms. The number of hydrogen-bond donors (Lipinski definition) is 3. The Hall–Kier alpha value is -1.85. The van der Waals surface area contributed by atoms with Crippen molar-refractivity contribution < 1.29 is 19.5 Å². The number of carboxylic acid groups (broad SMARTS) is 1. The monoisotopic (exact) mass is 256 g/mol. The molecular weight excluding hydrogens is 236 g/mol. The minimum atomic E-state index is -1.14. The summed E-state index contributed by atoms with van der Waals surface area (Å²) < 4.78 is 0. The van der Waals surface area contributed by atoms with Crippen LogP contribution in [0.2, 0.25) is 0 Å². The number of aliphatic carboxylic acids is 1. The van der Waals surface area contributed by atoms with Gasteiger partial charge in [0.2, 0.25) is 11.8 Å². The molecule has 3 N–H and O–H groups in total. The highest BCUT2D eigenvalue weighted by atomic mass is 16.4. The zero-order valence-electron chi connectivity index (χ0n) is 10.8. The molecule has 0 bridgehead atoms. The summed E-state index contributed by atoms with van der Waals surface area (Å²) in [5.74, 6) is -2.10. The van der Waals surface area contributed by atoms with E-state index in [4.69, 9.17) is 5.11 Å². The fraction of sp³-hybridized carbons (Fsp3) is 0.583. The lowest BCUT2D eigenvalue weighted by atomic mass is 10.1. The molecule has 102 valence electrons. The standard InChI is InChI=1S/C12H20N2O4/c1-3-5-13-10(15)7-9(8-11(16)17)12(18)14-6-4-2/h7H,3-6,8H2,1-2H3,(H,13,15)(H,14,18)(H,16,17)/b9-7-. The quantitative estimate of drug-likeness (QED) is 0.549. The minimum absolute atomic E-state index is 0.0375. The summed E-state index contributed by atoms with van der Waals surface area (Å²) in [6.07, 6.45) is 2.11. The summed E-state index contributed by atoms with van der Waals surface area (Å²) in [6.45, 7) is 4.73. The summed E-state index contributed by atoms with van der Waals surface area (Å²) in [5.41, 5.74) is -0.0375. The van der Waals surface area contributed by atoms with Crippen molar-refractivity contribution in [1.29, 1.82) is 0 Å². The first-order valence-electron chi connectivity index (χ1n) is 5.99. The predicted molar refractivity (Wildman–Crippen MR) is 66.9 cm³/mol. The number of nitrogens with one attached hydrogen (secondary N) is 2. The van der Waals surface area contributed by atoms with E-state index in [0.29, 0.717) is 13.1 Å². The van der Waals surface area contributed by atoms with Crippen LogP contribution in [0.5, 0.6) is 0 Å². The third kappa shape index (κ3) is 7.43. The molecule has 6 nitrogen and oxygen atoms in total. The Bertz CT molecular complexity index is 337. The predicted octanol–water partition coefficient (Wildman–Crippen LogP) is 0.440. The first-order chi connectivity index (χ1) is 8.51. The van der Waals surface area contributed by atoms with Crippen LogP contribution >= 0.6 is 0 Å². The van der Waals surface area contributed by atoms with Gasteiger partial charge in [0.15, 0.2) is 0 Å². The molecule has 0 aliphatic heterocycles. The van der Waals surface area contributed by atoms with Crippen LogP contribution in [0.1, 0.15) is 33.1 Å². The van der Waals surface area contributed by atoms with E-state index >= 15 is 0 Å². The van der Waals surface area contributed by atoms with Crippen molar-refractivity contribution in [3.05, 3.63) is 11.6 Å². The number of carbonyl (C=O) groups excluding carboxylic acids is 2. The van der Waals surface area contributed by atoms with Crippen molar-refractivity contribution in [1.82, 2.24) is 10.6 Å². The summed E-state index contributed by atoms with van der Waals surface area (Å²) in [7, 11) is 0. The molecule has 0 saturated carbocycles. The maximum absolute atomic E-state index is 11.6. The van der Waals surface area contributed by atoms with E-state index in [1.165, 1.54) is 0 Å². The Morgan fingerprint density at radius 3 is 2.11 bits per heavy atom. The molecule has 0 unspecified atom stereocenters. The fourth-order valence-electron chi connectivity index (χ4n) is 1.17. The van der Waals surface area contributed by atoms with Gasteiger partial charge in [0.05, 0.1) is 6.42 Å². The van der Waals surface area contributed by atoms with Crippen LogP contribution in [0.4, 0.5) is 0 Å². The van der Waals surface area contributed by atoms with Crippen LogP contribution in [0.15, 0.2) is 11.6 Å². The van der Waals surface area contributed by atoms with Crippen molar-refractivity contribution in [3.8, 4) is 0 Å². The molecule has 0 aromatic rings. The molecule has 0 aromatic heterocycles. The van der Waals surface area contributed by atoms with Crippen LogP contribution in [0.25, 0.3) is 0 Å². The zero-order valence-corrected chi connectivity index (χ0v) is 10.8. The van der Waals surface area contributed by atoms with Gasteiger partial charge < -0.3 is 15.7 Å². The molecular formula is C12H20N2O4. The number of rotatable bonds is 8. The van der Waals surface area contributed by atoms with Gasteiger partial charge in [-0.1, -0.05) is 13.8 Å². The van der Waals surface area contributed by atoms with Crippen LogP contribution in [0.3, 0.4) is 0 Å². The number of amides is 2. The normalized spacial score (nSPS) is 10.9. The van der Waals surface area contributed by atoms with Crippen molar-refractivity contribution in [3.63, 3.8) is 0 Å². The lowest BCUT2D eigenvalue weighted by molar-refractivity contribution is -0.137. The van der Waals surface area contributed by atoms with Gasteiger partial charge in [0.1, 0.15) is 0 Å². The average molecular weight is 256 g/mol. The van der Waals surface area contributed by atoms with Gasteiger partial charge in [-0.05, 0) is 12.8 Å². The molecule has 0 radical (unpaired) electrons. The van der Waals surface area contributed by atoms with E-state index in [2.05, 4.69) is 10.6 Å². The molecule has 0 rings (SSSR count). The summed E-state index contributed by atoms with van der Waals surface area (Å²) >= 11 is 0. The summed E-state index contributed by atoms with van der Waals surface area (Å²) in [6, 6.07) is 0. The van der Waals surface area contributed by atoms with Crippen molar-refractivity contribution in [2.24, 2.45) is 0 Å². The van der Waals surface area contributed by atoms with E-state index in [0.717, 1.165) is 18.9 Å². The summed E-state index contributed by atoms with van der Waals surface area (Å²) in [4.78, 5) is 33.7. The Labute approximate surface area is 106 Å². The largest absolute Gasteiger partial charge is 0.481 e. The van der Waals surface area contributed by atoms with Gasteiger partial charge in [-0.3, -0.25) is 14.4 Å². The Morgan fingerprint density at radius 1 is 1.06 bits per heavy atom. The number of carbonyl (C=O) groups is 3. The fourth-order valence-corrected chi connectivity index (χ4v) is 1.17. The molecule has 0 aliphatic carbocycles. The van der Waals surface area contributed by atoms with Gasteiger partial charge in [0, 0.05) is 24.7 Å². The van der Waals surface area contributed by atoms with E-state index in [1.54, 1.807) is 0 Å². The smallest absolute Gasteiger partial charge is 0.308 e. The van der Waals surface area contributed by atoms with E-state index in [9.17, 15) is 14.4 Å². The van der Waals surface area contributed by atoms with Gasteiger partial charge in [-0.2, -0.15) is 0 Å². The van der Waals surface area contributed by atoms with Crippen LogP contribution < -0.4 is 10.6 Å². The van der Waals surface area contributed by atoms with E-state index < -0.39 is 24.2 Å². The van der Waals surface area contributed by atoms with Gasteiger partial charge >= 0.3 is 5.97 Å². The number of hydrogen-bond acceptors (Lipinski definition) is 3. The lowest BCUT2D eigenvalue weighted by Crippen LogP contribution is -2.29. The molecule has 2 amide bonds. The molecule has 0 heterocycles. The Balaban J connectivity index is 4.64. The van der Waals surface area contributed by atoms with Gasteiger partial charge in [-0.25, -0.2) is 0 Å². The Kier molecular flexibility index (Phi) is 8.26. The van der Waals surface area contributed by atoms with Crippen LogP contribution in [-0.2, 0) is 14.4 Å².